The molecule has 2 heterocycles. The van der Waals surface area contributed by atoms with Gasteiger partial charge in [-0.05, 0) is 35.9 Å². The molecule has 0 spiro atoms. The first-order valence-corrected chi connectivity index (χ1v) is 12.7. The summed E-state index contributed by atoms with van der Waals surface area (Å²) in [6.45, 7) is 1.29. The number of alkyl halides is 6. The normalized spacial score (nSPS) is 16.4. The third-order valence-electron chi connectivity index (χ3n) is 5.91. The molecule has 40 heavy (non-hydrogen) atoms. The van der Waals surface area contributed by atoms with Gasteiger partial charge in [0.2, 0.25) is 5.91 Å². The van der Waals surface area contributed by atoms with Crippen molar-refractivity contribution in [3.8, 4) is 0 Å². The van der Waals surface area contributed by atoms with E-state index in [1.54, 1.807) is 0 Å². The van der Waals surface area contributed by atoms with E-state index in [9.17, 15) is 40.7 Å². The fourth-order valence-electron chi connectivity index (χ4n) is 4.08. The molecule has 15 heteroatoms. The van der Waals surface area contributed by atoms with Crippen molar-refractivity contribution in [1.29, 1.82) is 0 Å². The van der Waals surface area contributed by atoms with E-state index in [1.165, 1.54) is 29.2 Å². The van der Waals surface area contributed by atoms with Gasteiger partial charge in [0.05, 0.1) is 24.3 Å². The Bertz CT molecular complexity index is 1330. The highest BCUT2D eigenvalue weighted by Crippen LogP contribution is 2.48. The van der Waals surface area contributed by atoms with Crippen LogP contribution in [0.5, 0.6) is 0 Å². The second kappa shape index (κ2) is 11.8. The number of nitrogens with one attached hydrogen (secondary N) is 2. The standard InChI is InChI=1S/C25H22F6N4O4S/c26-24(27,28)20-15(5-7-19(36)34-10-12-39-13-11-34)4-6-18(21(20)25(29,30)31)40-17-3-1-2-16(14-17)33-23(38)35-9-8-32-22(35)37/h1-7,14H,8-13H2,(H,32,37)(H,33,38)/b7-5+. The van der Waals surface area contributed by atoms with Crippen LogP contribution in [0.25, 0.3) is 6.08 Å². The number of halogens is 6. The maximum Gasteiger partial charge on any atom is 0.418 e. The Labute approximate surface area is 228 Å². The molecule has 0 saturated carbocycles. The van der Waals surface area contributed by atoms with Gasteiger partial charge in [-0.15, -0.1) is 0 Å². The molecule has 0 bridgehead atoms. The van der Waals surface area contributed by atoms with Crippen molar-refractivity contribution >= 4 is 41.5 Å². The van der Waals surface area contributed by atoms with Crippen molar-refractivity contribution in [1.82, 2.24) is 15.1 Å². The van der Waals surface area contributed by atoms with Gasteiger partial charge in [-0.1, -0.05) is 23.9 Å². The van der Waals surface area contributed by atoms with E-state index in [0.29, 0.717) is 11.8 Å². The minimum absolute atomic E-state index is 0.105. The van der Waals surface area contributed by atoms with Crippen LogP contribution in [0.1, 0.15) is 16.7 Å². The van der Waals surface area contributed by atoms with Crippen LogP contribution in [0, 0.1) is 0 Å². The Morgan fingerprint density at radius 1 is 0.975 bits per heavy atom. The minimum atomic E-state index is -5.39. The zero-order chi connectivity index (χ0) is 29.1. The quantitative estimate of drug-likeness (QED) is 0.365. The van der Waals surface area contributed by atoms with Crippen LogP contribution >= 0.6 is 11.8 Å². The van der Waals surface area contributed by atoms with E-state index in [0.717, 1.165) is 29.2 Å². The van der Waals surface area contributed by atoms with Crippen LogP contribution in [-0.4, -0.2) is 67.2 Å². The molecular formula is C25H22F6N4O4S. The molecule has 0 unspecified atom stereocenters. The number of carbonyl (C=O) groups excluding carboxylic acids is 3. The van der Waals surface area contributed by atoms with E-state index in [-0.39, 0.29) is 50.0 Å². The number of anilines is 1. The number of urea groups is 2. The first-order chi connectivity index (χ1) is 18.8. The average molecular weight is 589 g/mol. The number of ether oxygens (including phenoxy) is 1. The van der Waals surface area contributed by atoms with E-state index >= 15 is 0 Å². The van der Waals surface area contributed by atoms with Gasteiger partial charge in [0.1, 0.15) is 0 Å². The van der Waals surface area contributed by atoms with E-state index < -0.39 is 51.9 Å². The smallest absolute Gasteiger partial charge is 0.378 e. The van der Waals surface area contributed by atoms with Gasteiger partial charge in [-0.2, -0.15) is 26.3 Å². The molecule has 0 aromatic heterocycles. The van der Waals surface area contributed by atoms with Gasteiger partial charge >= 0.3 is 24.4 Å². The van der Waals surface area contributed by atoms with Gasteiger partial charge in [-0.25, -0.2) is 14.5 Å². The van der Waals surface area contributed by atoms with Crippen LogP contribution in [0.4, 0.5) is 41.6 Å². The lowest BCUT2D eigenvalue weighted by Crippen LogP contribution is -2.39. The van der Waals surface area contributed by atoms with Gasteiger partial charge < -0.3 is 20.3 Å². The Kier molecular flexibility index (Phi) is 8.63. The van der Waals surface area contributed by atoms with Crippen molar-refractivity contribution in [3.05, 3.63) is 59.2 Å². The summed E-state index contributed by atoms with van der Waals surface area (Å²) in [5.41, 5.74) is -4.49. The summed E-state index contributed by atoms with van der Waals surface area (Å²) in [5.74, 6) is -0.645. The van der Waals surface area contributed by atoms with Gasteiger partial charge in [0, 0.05) is 47.7 Å². The number of morpholine rings is 1. The zero-order valence-corrected chi connectivity index (χ0v) is 21.4. The molecule has 2 aliphatic rings. The molecule has 214 valence electrons. The number of amides is 5. The average Bonchev–Trinajstić information content (AvgIpc) is 3.33. The summed E-state index contributed by atoms with van der Waals surface area (Å²) in [7, 11) is 0. The van der Waals surface area contributed by atoms with Crippen LogP contribution in [0.3, 0.4) is 0 Å². The van der Waals surface area contributed by atoms with Crippen molar-refractivity contribution < 1.29 is 45.5 Å². The number of hydrogen-bond acceptors (Lipinski definition) is 5. The summed E-state index contributed by atoms with van der Waals surface area (Å²) >= 11 is 0.424. The Balaban J connectivity index is 1.65. The molecule has 2 saturated heterocycles. The maximum absolute atomic E-state index is 14.1. The zero-order valence-electron chi connectivity index (χ0n) is 20.6. The molecule has 5 amide bonds. The second-order valence-corrected chi connectivity index (χ2v) is 9.73. The minimum Gasteiger partial charge on any atom is -0.378 e. The highest BCUT2D eigenvalue weighted by molar-refractivity contribution is 7.99. The van der Waals surface area contributed by atoms with Crippen LogP contribution in [0.2, 0.25) is 0 Å². The molecule has 2 fully saturated rings. The maximum atomic E-state index is 14.1. The highest BCUT2D eigenvalue weighted by atomic mass is 32.2. The molecule has 2 aromatic rings. The number of nitrogens with zero attached hydrogens (tertiary/aromatic N) is 2. The van der Waals surface area contributed by atoms with E-state index in [4.69, 9.17) is 4.74 Å². The van der Waals surface area contributed by atoms with Crippen molar-refractivity contribution in [3.63, 3.8) is 0 Å². The van der Waals surface area contributed by atoms with E-state index in [1.807, 2.05) is 0 Å². The number of benzene rings is 2. The molecule has 8 nitrogen and oxygen atoms in total. The fourth-order valence-corrected chi connectivity index (χ4v) is 5.12. The molecule has 0 atom stereocenters. The lowest BCUT2D eigenvalue weighted by Gasteiger charge is -2.25. The number of rotatable bonds is 5. The number of carbonyl (C=O) groups is 3. The Hall–Kier alpha value is -3.72. The van der Waals surface area contributed by atoms with E-state index in [2.05, 4.69) is 10.6 Å². The molecule has 4 rings (SSSR count). The van der Waals surface area contributed by atoms with Crippen LogP contribution in [-0.2, 0) is 21.9 Å². The summed E-state index contributed by atoms with van der Waals surface area (Å²) in [6, 6.07) is 5.86. The van der Waals surface area contributed by atoms with Gasteiger partial charge in [-0.3, -0.25) is 4.79 Å². The Morgan fingerprint density at radius 2 is 1.68 bits per heavy atom. The third-order valence-corrected chi connectivity index (χ3v) is 6.96. The first-order valence-electron chi connectivity index (χ1n) is 11.8. The summed E-state index contributed by atoms with van der Waals surface area (Å²) in [6.07, 6.45) is -9.24. The summed E-state index contributed by atoms with van der Waals surface area (Å²) < 4.78 is 89.8. The molecular weight excluding hydrogens is 566 g/mol. The number of hydrogen-bond donors (Lipinski definition) is 2. The largest absolute Gasteiger partial charge is 0.418 e. The summed E-state index contributed by atoms with van der Waals surface area (Å²) in [5, 5.41) is 4.89. The van der Waals surface area contributed by atoms with Gasteiger partial charge in [0.25, 0.3) is 0 Å². The van der Waals surface area contributed by atoms with Crippen LogP contribution < -0.4 is 10.6 Å². The molecule has 2 aromatic carbocycles. The first kappa shape index (κ1) is 29.3. The molecule has 2 N–H and O–H groups in total. The molecule has 2 aliphatic heterocycles. The topological polar surface area (TPSA) is 91.0 Å². The predicted molar refractivity (Wildman–Crippen MR) is 133 cm³/mol. The summed E-state index contributed by atoms with van der Waals surface area (Å²) in [4.78, 5) is 37.9. The molecule has 0 aliphatic carbocycles. The third kappa shape index (κ3) is 6.88. The van der Waals surface area contributed by atoms with Crippen molar-refractivity contribution in [2.24, 2.45) is 0 Å². The monoisotopic (exact) mass is 588 g/mol. The second-order valence-electron chi connectivity index (χ2n) is 8.61. The predicted octanol–water partition coefficient (Wildman–Crippen LogP) is 5.30. The van der Waals surface area contributed by atoms with Crippen molar-refractivity contribution in [2.45, 2.75) is 22.1 Å². The molecule has 0 radical (unpaired) electrons. The fraction of sp³-hybridized carbons (Fsp3) is 0.320. The lowest BCUT2D eigenvalue weighted by atomic mass is 9.99. The van der Waals surface area contributed by atoms with Gasteiger partial charge in [0.15, 0.2) is 0 Å². The van der Waals surface area contributed by atoms with Crippen LogP contribution in [0.15, 0.2) is 52.3 Å². The highest BCUT2D eigenvalue weighted by Gasteiger charge is 2.46. The lowest BCUT2D eigenvalue weighted by molar-refractivity contribution is -0.163. The number of imide groups is 1. The van der Waals surface area contributed by atoms with Crippen molar-refractivity contribution in [2.75, 3.05) is 44.7 Å². The Morgan fingerprint density at radius 3 is 2.30 bits per heavy atom. The SMILES string of the molecule is O=C(/C=C/c1ccc(Sc2cccc(NC(=O)N3CCNC3=O)c2)c(C(F)(F)F)c1C(F)(F)F)N1CCOCC1.